The minimum absolute atomic E-state index is 0.829. The van der Waals surface area contributed by atoms with Gasteiger partial charge in [-0.25, -0.2) is 0 Å². The summed E-state index contributed by atoms with van der Waals surface area (Å²) >= 11 is 3.59. The van der Waals surface area contributed by atoms with E-state index in [-0.39, 0.29) is 0 Å². The molecule has 9 aromatic carbocycles. The van der Waals surface area contributed by atoms with E-state index in [1.54, 1.807) is 11.3 Å². The van der Waals surface area contributed by atoms with E-state index in [9.17, 15) is 0 Å². The Labute approximate surface area is 488 Å². The number of unbranched alkanes of at least 4 members (excludes halogenated alkanes) is 1. The molecule has 0 aliphatic heterocycles. The second kappa shape index (κ2) is 29.2. The fourth-order valence-corrected chi connectivity index (χ4v) is 11.2. The Hall–Kier alpha value is -9.14. The molecular weight excluding hydrogens is 1020 g/mol. The van der Waals surface area contributed by atoms with Crippen molar-refractivity contribution in [3.63, 3.8) is 0 Å². The lowest BCUT2D eigenvalue weighted by Crippen LogP contribution is -2.10. The van der Waals surface area contributed by atoms with Crippen LogP contribution in [0.4, 0.5) is 67.8 Å². The minimum Gasteiger partial charge on any atom is -0.445 e. The van der Waals surface area contributed by atoms with Gasteiger partial charge < -0.3 is 19.1 Å². The predicted octanol–water partition coefficient (Wildman–Crippen LogP) is 22.9. The summed E-state index contributed by atoms with van der Waals surface area (Å²) in [5, 5.41) is 3.33. The molecule has 5 nitrogen and oxygen atoms in total. The molecule has 0 atom stereocenters. The Morgan fingerprint density at radius 2 is 0.753 bits per heavy atom. The third kappa shape index (κ3) is 15.6. The topological polar surface area (TPSA) is 26.1 Å². The van der Waals surface area contributed by atoms with Crippen LogP contribution in [0.15, 0.2) is 301 Å². The van der Waals surface area contributed by atoms with Crippen molar-refractivity contribution in [2.75, 3.05) is 19.6 Å². The van der Waals surface area contributed by atoms with Crippen LogP contribution >= 0.6 is 22.7 Å². The first kappa shape index (κ1) is 56.6. The molecule has 81 heavy (non-hydrogen) atoms. The number of furan rings is 1. The number of thiophene rings is 2. The van der Waals surface area contributed by atoms with Gasteiger partial charge in [-0.05, 0) is 191 Å². The maximum Gasteiger partial charge on any atom is 0.204 e. The lowest BCUT2D eigenvalue weighted by atomic mass is 10.0. The molecule has 0 saturated heterocycles. The molecule has 0 fully saturated rings. The van der Waals surface area contributed by atoms with Crippen LogP contribution in [0, 0.1) is 27.7 Å². The van der Waals surface area contributed by atoms with E-state index in [4.69, 9.17) is 4.42 Å². The summed E-state index contributed by atoms with van der Waals surface area (Å²) in [5.41, 5.74) is 14.6. The number of hydrogen-bond donors (Lipinski definition) is 0. The maximum atomic E-state index is 5.78. The zero-order chi connectivity index (χ0) is 56.0. The van der Waals surface area contributed by atoms with Crippen molar-refractivity contribution in [1.82, 2.24) is 0 Å². The molecule has 0 N–H and O–H groups in total. The molecule has 3 aromatic heterocycles. The third-order valence-corrected chi connectivity index (χ3v) is 15.1. The SMILES string of the molecule is CCCCc1cc(C)cc(N(c2ccccc2)c2ccccc2)c1.Cc1cc(N(c2ccccc2)c2ccccc2)c(C)s1.Cc1ccc(N(c2ccccc2)c2ccccc2)o1.c1ccc(N(c2ccccc2)c2cccs2)cc1. The van der Waals surface area contributed by atoms with Gasteiger partial charge in [0.25, 0.3) is 0 Å². The summed E-state index contributed by atoms with van der Waals surface area (Å²) in [6.45, 7) is 10.7. The van der Waals surface area contributed by atoms with Crippen LogP contribution in [0.25, 0.3) is 0 Å². The van der Waals surface area contributed by atoms with E-state index in [0.29, 0.717) is 0 Å². The molecule has 0 amide bonds. The number of anilines is 12. The number of hydrogen-bond acceptors (Lipinski definition) is 7. The van der Waals surface area contributed by atoms with Gasteiger partial charge in [-0.3, -0.25) is 4.90 Å². The van der Waals surface area contributed by atoms with Gasteiger partial charge in [0.2, 0.25) is 5.88 Å². The lowest BCUT2D eigenvalue weighted by Gasteiger charge is -2.26. The van der Waals surface area contributed by atoms with E-state index in [0.717, 1.165) is 29.4 Å². The van der Waals surface area contributed by atoms with Gasteiger partial charge >= 0.3 is 0 Å². The molecule has 0 spiro atoms. The molecule has 0 bridgehead atoms. The van der Waals surface area contributed by atoms with Crippen molar-refractivity contribution < 1.29 is 4.42 Å². The predicted molar refractivity (Wildman–Crippen MR) is 350 cm³/mol. The Morgan fingerprint density at radius 3 is 1.10 bits per heavy atom. The quantitative estimate of drug-likeness (QED) is 0.102. The highest BCUT2D eigenvalue weighted by Gasteiger charge is 2.18. The van der Waals surface area contributed by atoms with E-state index in [2.05, 4.69) is 283 Å². The molecule has 0 aliphatic rings. The van der Waals surface area contributed by atoms with Crippen LogP contribution < -0.4 is 19.6 Å². The molecule has 3 heterocycles. The minimum atomic E-state index is 0.829. The molecule has 7 heteroatoms. The monoisotopic (exact) mass is 1090 g/mol. The summed E-state index contributed by atoms with van der Waals surface area (Å²) in [7, 11) is 0. The fraction of sp³-hybridized carbons (Fsp3) is 0.108. The summed E-state index contributed by atoms with van der Waals surface area (Å²) in [6.07, 6.45) is 3.60. The summed E-state index contributed by atoms with van der Waals surface area (Å²) in [4.78, 5) is 11.7. The summed E-state index contributed by atoms with van der Waals surface area (Å²) in [6, 6.07) is 101. The largest absolute Gasteiger partial charge is 0.445 e. The highest BCUT2D eigenvalue weighted by Crippen LogP contribution is 2.41. The Morgan fingerprint density at radius 1 is 0.358 bits per heavy atom. The van der Waals surface area contributed by atoms with Crippen molar-refractivity contribution in [2.24, 2.45) is 0 Å². The average Bonchev–Trinajstić information content (AvgIpc) is 4.33. The first-order chi connectivity index (χ1) is 39.8. The van der Waals surface area contributed by atoms with Gasteiger partial charge in [-0.15, -0.1) is 22.7 Å². The number of aryl methyl sites for hydroxylation is 5. The van der Waals surface area contributed by atoms with Gasteiger partial charge in [-0.2, -0.15) is 0 Å². The molecule has 0 saturated carbocycles. The summed E-state index contributed by atoms with van der Waals surface area (Å²) in [5.74, 6) is 1.74. The first-order valence-electron chi connectivity index (χ1n) is 27.7. The molecule has 12 aromatic rings. The Balaban J connectivity index is 0.000000131. The Kier molecular flexibility index (Phi) is 20.4. The van der Waals surface area contributed by atoms with E-state index in [1.165, 1.54) is 84.2 Å². The maximum absolute atomic E-state index is 5.78. The highest BCUT2D eigenvalue weighted by atomic mass is 32.1. The van der Waals surface area contributed by atoms with Crippen LogP contribution in [-0.2, 0) is 6.42 Å². The normalized spacial score (nSPS) is 10.4. The van der Waals surface area contributed by atoms with Crippen LogP contribution in [0.5, 0.6) is 0 Å². The third-order valence-electron chi connectivity index (χ3n) is 13.2. The van der Waals surface area contributed by atoms with Crippen LogP contribution in [0.1, 0.15) is 46.4 Å². The average molecular weight is 1100 g/mol. The second-order valence-electron chi connectivity index (χ2n) is 19.4. The number of benzene rings is 9. The molecule has 404 valence electrons. The van der Waals surface area contributed by atoms with Gasteiger partial charge in [-0.1, -0.05) is 165 Å². The Bertz CT molecular complexity index is 3510. The van der Waals surface area contributed by atoms with Crippen molar-refractivity contribution >= 4 is 90.4 Å². The second-order valence-corrected chi connectivity index (χ2v) is 21.8. The standard InChI is InChI=1S/C23H25N.C18H17NS.C17H15NO.C16H13NS/c1-3-4-11-20-16-19(2)17-23(18-20)24(21-12-7-5-8-13-21)22-14-9-6-10-15-22;1-14-13-18(15(2)20-14)19(16-9-5-3-6-10-16)17-11-7-4-8-12-17;1-14-12-13-17(19-14)18(15-8-4-2-5-9-15)16-10-6-3-7-11-16;1-3-8-14(9-4-1)17(16-12-7-13-18-16)15-10-5-2-6-11-15/h5-10,12-18H,3-4,11H2,1-2H3;3-13H,1-2H3;2-13H,1H3;1-13H. The highest BCUT2D eigenvalue weighted by molar-refractivity contribution is 7.14. The summed E-state index contributed by atoms with van der Waals surface area (Å²) < 4.78 is 5.78. The van der Waals surface area contributed by atoms with Crippen molar-refractivity contribution in [1.29, 1.82) is 0 Å². The smallest absolute Gasteiger partial charge is 0.204 e. The van der Waals surface area contributed by atoms with Gasteiger partial charge in [0, 0.05) is 67.0 Å². The number of nitrogens with zero attached hydrogens (tertiary/aromatic N) is 4. The van der Waals surface area contributed by atoms with E-state index < -0.39 is 0 Å². The molecule has 0 radical (unpaired) electrons. The molecular formula is C74H70N4OS2. The van der Waals surface area contributed by atoms with Crippen LogP contribution in [0.3, 0.4) is 0 Å². The van der Waals surface area contributed by atoms with Crippen molar-refractivity contribution in [3.05, 3.63) is 323 Å². The van der Waals surface area contributed by atoms with E-state index in [1.807, 2.05) is 78.9 Å². The molecule has 0 unspecified atom stereocenters. The number of para-hydroxylation sites is 8. The first-order valence-corrected chi connectivity index (χ1v) is 29.4. The van der Waals surface area contributed by atoms with Crippen LogP contribution in [-0.4, -0.2) is 0 Å². The van der Waals surface area contributed by atoms with Gasteiger partial charge in [0.15, 0.2) is 0 Å². The van der Waals surface area contributed by atoms with Crippen molar-refractivity contribution in [3.8, 4) is 0 Å². The van der Waals surface area contributed by atoms with Gasteiger partial charge in [0.1, 0.15) is 5.76 Å². The zero-order valence-electron chi connectivity index (χ0n) is 46.9. The van der Waals surface area contributed by atoms with E-state index >= 15 is 0 Å². The molecule has 12 rings (SSSR count). The van der Waals surface area contributed by atoms with Crippen molar-refractivity contribution in [2.45, 2.75) is 53.9 Å². The van der Waals surface area contributed by atoms with Gasteiger partial charge in [0.05, 0.1) is 10.7 Å². The molecule has 0 aliphatic carbocycles. The lowest BCUT2D eigenvalue weighted by molar-refractivity contribution is 0.541. The number of rotatable bonds is 15. The van der Waals surface area contributed by atoms with Crippen LogP contribution in [0.2, 0.25) is 0 Å². The zero-order valence-corrected chi connectivity index (χ0v) is 48.6. The fourth-order valence-electron chi connectivity index (χ4n) is 9.57.